The summed E-state index contributed by atoms with van der Waals surface area (Å²) < 4.78 is 13.3. The molecule has 11 nitrogen and oxygen atoms in total. The van der Waals surface area contributed by atoms with E-state index in [1.54, 1.807) is 6.07 Å². The van der Waals surface area contributed by atoms with Gasteiger partial charge in [-0.3, -0.25) is 4.79 Å². The predicted octanol–water partition coefficient (Wildman–Crippen LogP) is 5.45. The SMILES string of the molecule is CC(C)(C)c1cc([C@H](N)C(=O)N[C@H]2CC[C@@H](n3nc(-c4ccc(Oc5ccccc5)cc4)c4c(N)ncnc43)CC2)no1. The number of carbonyl (C=O) groups excluding carboxylic acids is 1. The van der Waals surface area contributed by atoms with E-state index < -0.39 is 6.04 Å². The first-order valence-electron chi connectivity index (χ1n) is 14.5. The van der Waals surface area contributed by atoms with E-state index in [1.807, 2.05) is 80.1 Å². The van der Waals surface area contributed by atoms with Gasteiger partial charge in [-0.2, -0.15) is 5.10 Å². The highest BCUT2D eigenvalue weighted by Gasteiger charge is 2.30. The summed E-state index contributed by atoms with van der Waals surface area (Å²) >= 11 is 0. The third kappa shape index (κ3) is 5.94. The number of para-hydroxylation sites is 1. The summed E-state index contributed by atoms with van der Waals surface area (Å²) in [5.74, 6) is 2.31. The van der Waals surface area contributed by atoms with Crippen molar-refractivity contribution in [3.05, 3.63) is 78.4 Å². The zero-order chi connectivity index (χ0) is 30.1. The Balaban J connectivity index is 1.15. The van der Waals surface area contributed by atoms with Crippen molar-refractivity contribution in [3.8, 4) is 22.8 Å². The molecule has 1 aliphatic carbocycles. The van der Waals surface area contributed by atoms with E-state index >= 15 is 0 Å². The molecule has 1 atom stereocenters. The Hall–Kier alpha value is -4.77. The Morgan fingerprint density at radius 1 is 1.02 bits per heavy atom. The number of ether oxygens (including phenoxy) is 1. The molecule has 0 bridgehead atoms. The number of amides is 1. The molecule has 1 saturated carbocycles. The van der Waals surface area contributed by atoms with Crippen LogP contribution in [0.3, 0.4) is 0 Å². The summed E-state index contributed by atoms with van der Waals surface area (Å²) in [4.78, 5) is 21.8. The highest BCUT2D eigenvalue weighted by molar-refractivity contribution is 5.98. The van der Waals surface area contributed by atoms with Crippen LogP contribution in [-0.2, 0) is 10.2 Å². The van der Waals surface area contributed by atoms with Gasteiger partial charge in [0.15, 0.2) is 5.65 Å². The molecule has 1 amide bonds. The van der Waals surface area contributed by atoms with Gasteiger partial charge in [0.2, 0.25) is 5.91 Å². The van der Waals surface area contributed by atoms with Crippen LogP contribution < -0.4 is 21.5 Å². The van der Waals surface area contributed by atoms with Crippen molar-refractivity contribution in [1.82, 2.24) is 30.2 Å². The zero-order valence-corrected chi connectivity index (χ0v) is 24.5. The van der Waals surface area contributed by atoms with Crippen LogP contribution in [0.4, 0.5) is 5.82 Å². The summed E-state index contributed by atoms with van der Waals surface area (Å²) in [6.07, 6.45) is 4.64. The summed E-state index contributed by atoms with van der Waals surface area (Å²) in [5.41, 5.74) is 15.1. The Morgan fingerprint density at radius 3 is 2.40 bits per heavy atom. The van der Waals surface area contributed by atoms with Crippen LogP contribution in [0.1, 0.15) is 70.0 Å². The normalized spacial score (nSPS) is 18.0. The number of fused-ring (bicyclic) bond motifs is 1. The van der Waals surface area contributed by atoms with Crippen LogP contribution >= 0.6 is 0 Å². The van der Waals surface area contributed by atoms with Crippen LogP contribution in [0.2, 0.25) is 0 Å². The number of benzene rings is 2. The highest BCUT2D eigenvalue weighted by Crippen LogP contribution is 2.37. The lowest BCUT2D eigenvalue weighted by Crippen LogP contribution is -2.42. The number of hydrogen-bond donors (Lipinski definition) is 3. The maximum atomic E-state index is 12.9. The molecular formula is C32H36N8O3. The van der Waals surface area contributed by atoms with Crippen molar-refractivity contribution in [2.75, 3.05) is 5.73 Å². The fourth-order valence-corrected chi connectivity index (χ4v) is 5.44. The first-order chi connectivity index (χ1) is 20.7. The van der Waals surface area contributed by atoms with E-state index in [1.165, 1.54) is 6.33 Å². The Bertz CT molecular complexity index is 1720. The summed E-state index contributed by atoms with van der Waals surface area (Å²) in [5, 5.41) is 12.9. The molecule has 222 valence electrons. The number of nitrogens with one attached hydrogen (secondary N) is 1. The molecule has 0 saturated heterocycles. The molecule has 0 spiro atoms. The first-order valence-corrected chi connectivity index (χ1v) is 14.5. The van der Waals surface area contributed by atoms with E-state index in [0.717, 1.165) is 53.8 Å². The maximum absolute atomic E-state index is 12.9. The largest absolute Gasteiger partial charge is 0.457 e. The van der Waals surface area contributed by atoms with Crippen molar-refractivity contribution in [2.45, 2.75) is 70.0 Å². The van der Waals surface area contributed by atoms with Crippen molar-refractivity contribution >= 4 is 22.8 Å². The zero-order valence-electron chi connectivity index (χ0n) is 24.5. The van der Waals surface area contributed by atoms with Gasteiger partial charge in [-0.25, -0.2) is 14.6 Å². The molecule has 1 aliphatic rings. The molecule has 0 unspecified atom stereocenters. The summed E-state index contributed by atoms with van der Waals surface area (Å²) in [7, 11) is 0. The average Bonchev–Trinajstić information content (AvgIpc) is 3.65. The number of aromatic nitrogens is 5. The molecule has 1 fully saturated rings. The maximum Gasteiger partial charge on any atom is 0.243 e. The minimum absolute atomic E-state index is 0.00179. The molecule has 2 aromatic carbocycles. The van der Waals surface area contributed by atoms with E-state index in [9.17, 15) is 4.79 Å². The monoisotopic (exact) mass is 580 g/mol. The van der Waals surface area contributed by atoms with Gasteiger partial charge in [0.25, 0.3) is 0 Å². The molecule has 3 aromatic heterocycles. The van der Waals surface area contributed by atoms with Gasteiger partial charge in [-0.1, -0.05) is 44.1 Å². The molecule has 0 aliphatic heterocycles. The lowest BCUT2D eigenvalue weighted by Gasteiger charge is -2.30. The van der Waals surface area contributed by atoms with Crippen molar-refractivity contribution in [2.24, 2.45) is 5.73 Å². The van der Waals surface area contributed by atoms with Crippen LogP contribution in [0.5, 0.6) is 11.5 Å². The van der Waals surface area contributed by atoms with E-state index in [-0.39, 0.29) is 23.4 Å². The molecular weight excluding hydrogens is 544 g/mol. The molecule has 5 N–H and O–H groups in total. The minimum atomic E-state index is -0.889. The lowest BCUT2D eigenvalue weighted by atomic mass is 9.91. The molecule has 3 heterocycles. The molecule has 6 rings (SSSR count). The third-order valence-electron chi connectivity index (χ3n) is 7.88. The number of rotatable bonds is 7. The number of anilines is 1. The number of carbonyl (C=O) groups is 1. The standard InChI is InChI=1S/C32H36N8O3/c1-32(2,3)25-17-24(39-43-25)27(33)31(41)37-20-11-13-21(14-12-20)40-30-26(29(34)35-18-36-30)28(38-40)19-9-15-23(16-10-19)42-22-7-5-4-6-8-22/h4-10,15-18,20-21,27H,11-14,33H2,1-3H3,(H,37,41)(H2,34,35,36)/t20-,21+,27-/m0/s1. The van der Waals surface area contributed by atoms with Crippen LogP contribution in [0.25, 0.3) is 22.3 Å². The van der Waals surface area contributed by atoms with E-state index in [4.69, 9.17) is 25.8 Å². The second-order valence-electron chi connectivity index (χ2n) is 12.0. The molecule has 0 radical (unpaired) electrons. The van der Waals surface area contributed by atoms with Gasteiger partial charge in [0.05, 0.1) is 11.4 Å². The van der Waals surface area contributed by atoms with Gasteiger partial charge >= 0.3 is 0 Å². The average molecular weight is 581 g/mol. The Morgan fingerprint density at radius 2 is 1.72 bits per heavy atom. The van der Waals surface area contributed by atoms with Crippen molar-refractivity contribution in [1.29, 1.82) is 0 Å². The highest BCUT2D eigenvalue weighted by atomic mass is 16.5. The third-order valence-corrected chi connectivity index (χ3v) is 7.88. The quantitative estimate of drug-likeness (QED) is 0.227. The van der Waals surface area contributed by atoms with Crippen molar-refractivity contribution in [3.63, 3.8) is 0 Å². The smallest absolute Gasteiger partial charge is 0.243 e. The Labute approximate surface area is 249 Å². The molecule has 5 aromatic rings. The van der Waals surface area contributed by atoms with E-state index in [2.05, 4.69) is 20.4 Å². The molecule has 11 heteroatoms. The van der Waals surface area contributed by atoms with Crippen molar-refractivity contribution < 1.29 is 14.1 Å². The van der Waals surface area contributed by atoms with Gasteiger partial charge in [-0.05, 0) is 62.1 Å². The first kappa shape index (κ1) is 28.4. The second-order valence-corrected chi connectivity index (χ2v) is 12.0. The van der Waals surface area contributed by atoms with Crippen LogP contribution in [0.15, 0.2) is 71.5 Å². The van der Waals surface area contributed by atoms with Gasteiger partial charge < -0.3 is 26.0 Å². The topological polar surface area (TPSA) is 160 Å². The number of nitrogens with two attached hydrogens (primary N) is 2. The number of nitrogens with zero attached hydrogens (tertiary/aromatic N) is 5. The lowest BCUT2D eigenvalue weighted by molar-refractivity contribution is -0.123. The fourth-order valence-electron chi connectivity index (χ4n) is 5.44. The Kier molecular flexibility index (Phi) is 7.57. The second kappa shape index (κ2) is 11.5. The van der Waals surface area contributed by atoms with Crippen LogP contribution in [-0.4, -0.2) is 36.9 Å². The van der Waals surface area contributed by atoms with E-state index in [0.29, 0.717) is 22.9 Å². The number of nitrogen functional groups attached to an aromatic ring is 1. The number of hydrogen-bond acceptors (Lipinski definition) is 9. The summed E-state index contributed by atoms with van der Waals surface area (Å²) in [6, 6.07) is 18.4. The van der Waals surface area contributed by atoms with Crippen LogP contribution in [0, 0.1) is 0 Å². The summed E-state index contributed by atoms with van der Waals surface area (Å²) in [6.45, 7) is 6.06. The minimum Gasteiger partial charge on any atom is -0.457 e. The van der Waals surface area contributed by atoms with Gasteiger partial charge in [0, 0.05) is 23.1 Å². The predicted molar refractivity (Wildman–Crippen MR) is 163 cm³/mol. The fraction of sp³-hybridized carbons (Fsp3) is 0.344. The van der Waals surface area contributed by atoms with Gasteiger partial charge in [0.1, 0.15) is 46.8 Å². The molecule has 43 heavy (non-hydrogen) atoms. The van der Waals surface area contributed by atoms with Gasteiger partial charge in [-0.15, -0.1) is 0 Å².